The van der Waals surface area contributed by atoms with Crippen molar-refractivity contribution in [2.45, 2.75) is 17.9 Å². The van der Waals surface area contributed by atoms with Crippen molar-refractivity contribution in [1.82, 2.24) is 4.31 Å². The van der Waals surface area contributed by atoms with Crippen LogP contribution in [-0.2, 0) is 14.8 Å². The lowest BCUT2D eigenvalue weighted by molar-refractivity contribution is -0.123. The van der Waals surface area contributed by atoms with Crippen molar-refractivity contribution >= 4 is 44.8 Å². The van der Waals surface area contributed by atoms with E-state index < -0.39 is 16.1 Å². The van der Waals surface area contributed by atoms with Gasteiger partial charge in [0.25, 0.3) is 0 Å². The molecule has 1 atom stereocenters. The molecule has 1 unspecified atom stereocenters. The number of amides is 1. The Kier molecular flexibility index (Phi) is 5.06. The van der Waals surface area contributed by atoms with Gasteiger partial charge in [-0.2, -0.15) is 4.31 Å². The standard InChI is InChI=1S/C17H16Cl2N2O3S/c1-12-17(22)20(16-8-7-13(18)11-15(16)19)9-10-21(12)25(23,24)14-5-3-2-4-6-14/h2-8,11-12H,9-10H2,1H3. The summed E-state index contributed by atoms with van der Waals surface area (Å²) >= 11 is 12.1. The molecule has 1 heterocycles. The molecule has 0 bridgehead atoms. The first kappa shape index (κ1) is 18.2. The van der Waals surface area contributed by atoms with Crippen LogP contribution in [0.3, 0.4) is 0 Å². The molecule has 2 aromatic carbocycles. The molecule has 3 rings (SSSR count). The van der Waals surface area contributed by atoms with Gasteiger partial charge in [0.15, 0.2) is 0 Å². The summed E-state index contributed by atoms with van der Waals surface area (Å²) in [6, 6.07) is 12.1. The fraction of sp³-hybridized carbons (Fsp3) is 0.235. The molecule has 0 saturated carbocycles. The Morgan fingerprint density at radius 1 is 1.04 bits per heavy atom. The van der Waals surface area contributed by atoms with Crippen molar-refractivity contribution in [3.8, 4) is 0 Å². The van der Waals surface area contributed by atoms with Crippen molar-refractivity contribution < 1.29 is 13.2 Å². The molecule has 5 nitrogen and oxygen atoms in total. The zero-order valence-electron chi connectivity index (χ0n) is 13.4. The smallest absolute Gasteiger partial charge is 0.245 e. The van der Waals surface area contributed by atoms with Gasteiger partial charge in [-0.3, -0.25) is 4.79 Å². The molecular weight excluding hydrogens is 383 g/mol. The minimum atomic E-state index is -3.73. The molecule has 0 aromatic heterocycles. The molecular formula is C17H16Cl2N2O3S. The van der Waals surface area contributed by atoms with E-state index in [2.05, 4.69) is 0 Å². The van der Waals surface area contributed by atoms with Gasteiger partial charge in [0.05, 0.1) is 15.6 Å². The number of piperazine rings is 1. The van der Waals surface area contributed by atoms with Gasteiger partial charge in [-0.05, 0) is 37.3 Å². The van der Waals surface area contributed by atoms with Gasteiger partial charge < -0.3 is 4.90 Å². The molecule has 1 aliphatic rings. The van der Waals surface area contributed by atoms with E-state index in [4.69, 9.17) is 23.2 Å². The number of sulfonamides is 1. The number of hydrogen-bond acceptors (Lipinski definition) is 3. The van der Waals surface area contributed by atoms with Gasteiger partial charge in [0.1, 0.15) is 6.04 Å². The fourth-order valence-corrected chi connectivity index (χ4v) is 4.96. The van der Waals surface area contributed by atoms with Gasteiger partial charge in [-0.15, -0.1) is 0 Å². The number of halogens is 2. The molecule has 8 heteroatoms. The lowest BCUT2D eigenvalue weighted by Crippen LogP contribution is -2.57. The Morgan fingerprint density at radius 2 is 1.72 bits per heavy atom. The van der Waals surface area contributed by atoms with Crippen molar-refractivity contribution in [1.29, 1.82) is 0 Å². The molecule has 0 N–H and O–H groups in total. The van der Waals surface area contributed by atoms with Crippen LogP contribution in [0.1, 0.15) is 6.92 Å². The molecule has 1 aliphatic heterocycles. The highest BCUT2D eigenvalue weighted by Crippen LogP contribution is 2.32. The van der Waals surface area contributed by atoms with Crippen LogP contribution in [0.2, 0.25) is 10.0 Å². The van der Waals surface area contributed by atoms with E-state index in [1.165, 1.54) is 21.3 Å². The summed E-state index contributed by atoms with van der Waals surface area (Å²) in [5.41, 5.74) is 0.527. The molecule has 0 aliphatic carbocycles. The summed E-state index contributed by atoms with van der Waals surface area (Å²) in [6.45, 7) is 1.98. The number of anilines is 1. The number of hydrogen-bond donors (Lipinski definition) is 0. The summed E-state index contributed by atoms with van der Waals surface area (Å²) in [5.74, 6) is -0.324. The number of carbonyl (C=O) groups excluding carboxylic acids is 1. The average molecular weight is 399 g/mol. The lowest BCUT2D eigenvalue weighted by Gasteiger charge is -2.38. The zero-order valence-corrected chi connectivity index (χ0v) is 15.7. The second kappa shape index (κ2) is 6.96. The highest BCUT2D eigenvalue weighted by atomic mass is 35.5. The van der Waals surface area contributed by atoms with E-state index in [0.717, 1.165) is 0 Å². The second-order valence-corrected chi connectivity index (χ2v) is 8.42. The van der Waals surface area contributed by atoms with Crippen LogP contribution in [0.15, 0.2) is 53.4 Å². The van der Waals surface area contributed by atoms with Gasteiger partial charge in [-0.1, -0.05) is 41.4 Å². The van der Waals surface area contributed by atoms with Crippen molar-refractivity contribution in [2.75, 3.05) is 18.0 Å². The monoisotopic (exact) mass is 398 g/mol. The van der Waals surface area contributed by atoms with E-state index >= 15 is 0 Å². The fourth-order valence-electron chi connectivity index (χ4n) is 2.85. The molecule has 2 aromatic rings. The van der Waals surface area contributed by atoms with Crippen LogP contribution in [0.5, 0.6) is 0 Å². The van der Waals surface area contributed by atoms with Crippen molar-refractivity contribution in [2.24, 2.45) is 0 Å². The normalized spacial score (nSPS) is 19.2. The van der Waals surface area contributed by atoms with Gasteiger partial charge >= 0.3 is 0 Å². The Hall–Kier alpha value is -1.60. The Balaban J connectivity index is 1.89. The van der Waals surface area contributed by atoms with Gasteiger partial charge in [0, 0.05) is 18.1 Å². The summed E-state index contributed by atoms with van der Waals surface area (Å²) in [7, 11) is -3.73. The minimum absolute atomic E-state index is 0.174. The van der Waals surface area contributed by atoms with E-state index in [1.807, 2.05) is 0 Å². The Bertz CT molecular complexity index is 903. The van der Waals surface area contributed by atoms with Crippen LogP contribution >= 0.6 is 23.2 Å². The Labute approximate surface area is 156 Å². The molecule has 1 saturated heterocycles. The highest BCUT2D eigenvalue weighted by molar-refractivity contribution is 7.89. The van der Waals surface area contributed by atoms with Gasteiger partial charge in [-0.25, -0.2) is 8.42 Å². The molecule has 1 fully saturated rings. The molecule has 0 radical (unpaired) electrons. The molecule has 132 valence electrons. The third kappa shape index (κ3) is 3.40. The van der Waals surface area contributed by atoms with E-state index in [-0.39, 0.29) is 23.9 Å². The predicted octanol–water partition coefficient (Wildman–Crippen LogP) is 3.42. The van der Waals surface area contributed by atoms with Crippen LogP contribution in [0.25, 0.3) is 0 Å². The average Bonchev–Trinajstić information content (AvgIpc) is 2.58. The summed E-state index contributed by atoms with van der Waals surface area (Å²) in [5, 5.41) is 0.826. The quantitative estimate of drug-likeness (QED) is 0.795. The SMILES string of the molecule is CC1C(=O)N(c2ccc(Cl)cc2Cl)CCN1S(=O)(=O)c1ccccc1. The molecule has 25 heavy (non-hydrogen) atoms. The minimum Gasteiger partial charge on any atom is -0.308 e. The van der Waals surface area contributed by atoms with Crippen molar-refractivity contribution in [3.63, 3.8) is 0 Å². The van der Waals surface area contributed by atoms with Crippen LogP contribution in [0, 0.1) is 0 Å². The Morgan fingerprint density at radius 3 is 2.36 bits per heavy atom. The first-order chi connectivity index (χ1) is 11.8. The molecule has 1 amide bonds. The van der Waals surface area contributed by atoms with Crippen LogP contribution in [0.4, 0.5) is 5.69 Å². The van der Waals surface area contributed by atoms with Crippen LogP contribution in [-0.4, -0.2) is 37.8 Å². The largest absolute Gasteiger partial charge is 0.308 e. The van der Waals surface area contributed by atoms with Crippen molar-refractivity contribution in [3.05, 3.63) is 58.6 Å². The first-order valence-corrected chi connectivity index (χ1v) is 9.85. The highest BCUT2D eigenvalue weighted by Gasteiger charge is 2.39. The molecule has 0 spiro atoms. The topological polar surface area (TPSA) is 57.7 Å². The third-order valence-corrected chi connectivity index (χ3v) is 6.67. The maximum absolute atomic E-state index is 12.8. The van der Waals surface area contributed by atoms with E-state index in [9.17, 15) is 13.2 Å². The lowest BCUT2D eigenvalue weighted by atomic mass is 10.2. The zero-order chi connectivity index (χ0) is 18.2. The maximum Gasteiger partial charge on any atom is 0.245 e. The summed E-state index contributed by atoms with van der Waals surface area (Å²) < 4.78 is 26.8. The second-order valence-electron chi connectivity index (χ2n) is 5.69. The number of carbonyl (C=O) groups is 1. The van der Waals surface area contributed by atoms with Gasteiger partial charge in [0.2, 0.25) is 15.9 Å². The third-order valence-electron chi connectivity index (χ3n) is 4.15. The summed E-state index contributed by atoms with van der Waals surface area (Å²) in [6.07, 6.45) is 0. The number of rotatable bonds is 3. The summed E-state index contributed by atoms with van der Waals surface area (Å²) in [4.78, 5) is 14.5. The first-order valence-electron chi connectivity index (χ1n) is 7.65. The van der Waals surface area contributed by atoms with E-state index in [0.29, 0.717) is 15.7 Å². The predicted molar refractivity (Wildman–Crippen MR) is 98.6 cm³/mol. The van der Waals surface area contributed by atoms with E-state index in [1.54, 1.807) is 43.3 Å². The number of nitrogens with zero attached hydrogens (tertiary/aromatic N) is 2. The number of benzene rings is 2. The van der Waals surface area contributed by atoms with Crippen LogP contribution < -0.4 is 4.90 Å². The maximum atomic E-state index is 12.8.